The van der Waals surface area contributed by atoms with Crippen LogP contribution < -0.4 is 27.6 Å². The first-order valence-electron chi connectivity index (χ1n) is 9.31. The second-order valence-electron chi connectivity index (χ2n) is 7.74. The summed E-state index contributed by atoms with van der Waals surface area (Å²) in [6.45, 7) is 4.21. The Hall–Kier alpha value is -1.96. The first-order chi connectivity index (χ1) is 12.8. The lowest BCUT2D eigenvalue weighted by Gasteiger charge is -2.23. The highest BCUT2D eigenvalue weighted by atomic mass is 79.9. The van der Waals surface area contributed by atoms with Crippen LogP contribution in [0.15, 0.2) is 52.7 Å². The number of nitrogens with one attached hydrogen (secondary N) is 2. The fraction of sp³-hybridized carbons (Fsp3) is 0.429. The van der Waals surface area contributed by atoms with Crippen molar-refractivity contribution < 1.29 is 31.4 Å². The minimum atomic E-state index is -0.0391. The standard InChI is InChI=1S/C21H30N4O2.BrH/c1-16-14-20(19(15-21(16)27)23-11-13-26)24-18-8-6-17(7-9-18)22-10-5-12-25(2,3)4;/h6-9,14-15,26H,5,10-13H2,1-4H3,(H-,22,23,27);1H. The van der Waals surface area contributed by atoms with E-state index in [1.807, 2.05) is 24.3 Å². The van der Waals surface area contributed by atoms with E-state index in [9.17, 15) is 4.79 Å². The Labute approximate surface area is 178 Å². The lowest BCUT2D eigenvalue weighted by Crippen LogP contribution is -3.00. The zero-order valence-electron chi connectivity index (χ0n) is 17.1. The Morgan fingerprint density at radius 2 is 1.71 bits per heavy atom. The van der Waals surface area contributed by atoms with Gasteiger partial charge in [-0.1, -0.05) is 0 Å². The number of carbonyl (C=O) groups excluding carboxylic acids is 1. The van der Waals surface area contributed by atoms with Crippen molar-refractivity contribution in [1.29, 1.82) is 0 Å². The Morgan fingerprint density at radius 1 is 1.04 bits per heavy atom. The monoisotopic (exact) mass is 450 g/mol. The van der Waals surface area contributed by atoms with Gasteiger partial charge >= 0.3 is 0 Å². The number of allylic oxidation sites excluding steroid dienone is 3. The Balaban J connectivity index is 0.00000392. The van der Waals surface area contributed by atoms with Crippen LogP contribution in [0.5, 0.6) is 0 Å². The van der Waals surface area contributed by atoms with Crippen molar-refractivity contribution >= 4 is 22.9 Å². The molecule has 1 aromatic carbocycles. The van der Waals surface area contributed by atoms with Crippen molar-refractivity contribution in [2.75, 3.05) is 52.7 Å². The normalized spacial score (nSPS) is 15.6. The molecule has 0 aliphatic heterocycles. The molecular formula is C21H31BrN4O2. The zero-order valence-corrected chi connectivity index (χ0v) is 18.7. The summed E-state index contributed by atoms with van der Waals surface area (Å²) < 4.78 is 0.966. The van der Waals surface area contributed by atoms with Crippen LogP contribution in [0, 0.1) is 0 Å². The van der Waals surface area contributed by atoms with Gasteiger partial charge in [-0.3, -0.25) is 4.79 Å². The molecule has 28 heavy (non-hydrogen) atoms. The number of aliphatic hydroxyl groups is 1. The third-order valence-electron chi connectivity index (χ3n) is 4.17. The average Bonchev–Trinajstić information content (AvgIpc) is 2.61. The van der Waals surface area contributed by atoms with Gasteiger partial charge < -0.3 is 37.2 Å². The number of rotatable bonds is 9. The van der Waals surface area contributed by atoms with E-state index >= 15 is 0 Å². The van der Waals surface area contributed by atoms with Gasteiger partial charge in [-0.2, -0.15) is 0 Å². The summed E-state index contributed by atoms with van der Waals surface area (Å²) in [6.07, 6.45) is 4.42. The molecule has 0 spiro atoms. The first-order valence-corrected chi connectivity index (χ1v) is 9.31. The zero-order chi connectivity index (χ0) is 19.9. The van der Waals surface area contributed by atoms with Gasteiger partial charge in [0.25, 0.3) is 0 Å². The Morgan fingerprint density at radius 3 is 2.32 bits per heavy atom. The lowest BCUT2D eigenvalue weighted by atomic mass is 10.0. The number of hydrogen-bond donors (Lipinski definition) is 3. The maximum absolute atomic E-state index is 11.9. The van der Waals surface area contributed by atoms with Crippen molar-refractivity contribution in [3.8, 4) is 0 Å². The predicted molar refractivity (Wildman–Crippen MR) is 111 cm³/mol. The molecule has 0 radical (unpaired) electrons. The molecule has 154 valence electrons. The molecule has 0 unspecified atom stereocenters. The average molecular weight is 451 g/mol. The Kier molecular flexibility index (Phi) is 9.58. The van der Waals surface area contributed by atoms with Gasteiger partial charge in [-0.25, -0.2) is 4.99 Å². The van der Waals surface area contributed by atoms with Crippen LogP contribution in [-0.2, 0) is 4.79 Å². The largest absolute Gasteiger partial charge is 1.00 e. The molecule has 6 nitrogen and oxygen atoms in total. The number of carbonyl (C=O) groups is 1. The summed E-state index contributed by atoms with van der Waals surface area (Å²) in [6, 6.07) is 7.94. The third-order valence-corrected chi connectivity index (χ3v) is 4.17. The smallest absolute Gasteiger partial charge is 0.183 e. The predicted octanol–water partition coefficient (Wildman–Crippen LogP) is -0.734. The Bertz CT molecular complexity index is 747. The van der Waals surface area contributed by atoms with Gasteiger partial charge in [0.2, 0.25) is 0 Å². The van der Waals surface area contributed by atoms with Crippen molar-refractivity contribution in [3.63, 3.8) is 0 Å². The number of benzene rings is 1. The van der Waals surface area contributed by atoms with Crippen molar-refractivity contribution in [1.82, 2.24) is 5.32 Å². The number of hydrogen-bond acceptors (Lipinski definition) is 5. The molecule has 0 atom stereocenters. The van der Waals surface area contributed by atoms with Crippen LogP contribution in [0.2, 0.25) is 0 Å². The van der Waals surface area contributed by atoms with Gasteiger partial charge in [-0.15, -0.1) is 0 Å². The minimum Gasteiger partial charge on any atom is -1.00 e. The summed E-state index contributed by atoms with van der Waals surface area (Å²) in [5, 5.41) is 15.5. The summed E-state index contributed by atoms with van der Waals surface area (Å²) >= 11 is 0. The van der Waals surface area contributed by atoms with E-state index in [1.54, 1.807) is 13.0 Å². The molecule has 1 aliphatic carbocycles. The second kappa shape index (κ2) is 11.1. The van der Waals surface area contributed by atoms with Gasteiger partial charge in [-0.05, 0) is 42.8 Å². The van der Waals surface area contributed by atoms with Crippen molar-refractivity contribution in [2.45, 2.75) is 13.3 Å². The molecule has 0 amide bonds. The molecule has 0 fully saturated rings. The van der Waals surface area contributed by atoms with E-state index in [0.29, 0.717) is 23.5 Å². The van der Waals surface area contributed by atoms with E-state index < -0.39 is 0 Å². The first kappa shape index (κ1) is 24.1. The van der Waals surface area contributed by atoms with Crippen molar-refractivity contribution in [3.05, 3.63) is 47.7 Å². The summed E-state index contributed by atoms with van der Waals surface area (Å²) in [5.74, 6) is -0.0391. The molecule has 0 aromatic heterocycles. The SMILES string of the molecule is CC1=CC(=Nc2ccc(NCCC[N+](C)(C)C)cc2)C(NCCO)=CC1=O.[Br-]. The molecule has 0 heterocycles. The summed E-state index contributed by atoms with van der Waals surface area (Å²) in [7, 11) is 6.59. The van der Waals surface area contributed by atoms with Gasteiger partial charge in [0.15, 0.2) is 5.78 Å². The van der Waals surface area contributed by atoms with Crippen LogP contribution in [-0.4, -0.2) is 68.5 Å². The van der Waals surface area contributed by atoms with Crippen LogP contribution in [0.1, 0.15) is 13.3 Å². The quantitative estimate of drug-likeness (QED) is 0.263. The molecular weight excluding hydrogens is 420 g/mol. The molecule has 2 rings (SSSR count). The highest BCUT2D eigenvalue weighted by Gasteiger charge is 2.15. The molecule has 0 bridgehead atoms. The third kappa shape index (κ3) is 7.96. The van der Waals surface area contributed by atoms with Gasteiger partial charge in [0.1, 0.15) is 0 Å². The molecule has 1 aromatic rings. The second-order valence-corrected chi connectivity index (χ2v) is 7.74. The summed E-state index contributed by atoms with van der Waals surface area (Å²) in [5.41, 5.74) is 3.88. The molecule has 0 saturated carbocycles. The van der Waals surface area contributed by atoms with E-state index in [2.05, 4.69) is 36.8 Å². The molecule has 3 N–H and O–H groups in total. The van der Waals surface area contributed by atoms with E-state index in [1.165, 1.54) is 6.08 Å². The van der Waals surface area contributed by atoms with E-state index in [0.717, 1.165) is 35.4 Å². The number of aliphatic imine (C=N–C) groups is 1. The number of nitrogens with zero attached hydrogens (tertiary/aromatic N) is 2. The highest BCUT2D eigenvalue weighted by molar-refractivity contribution is 6.22. The van der Waals surface area contributed by atoms with Crippen molar-refractivity contribution in [2.24, 2.45) is 4.99 Å². The van der Waals surface area contributed by atoms with Gasteiger partial charge in [0.05, 0.1) is 51.4 Å². The van der Waals surface area contributed by atoms with Crippen LogP contribution in [0.25, 0.3) is 0 Å². The fourth-order valence-corrected chi connectivity index (χ4v) is 2.68. The van der Waals surface area contributed by atoms with Crippen LogP contribution in [0.4, 0.5) is 11.4 Å². The number of halogens is 1. The summed E-state index contributed by atoms with van der Waals surface area (Å²) in [4.78, 5) is 16.5. The highest BCUT2D eigenvalue weighted by Crippen LogP contribution is 2.20. The molecule has 7 heteroatoms. The number of anilines is 1. The number of quaternary nitrogens is 1. The van der Waals surface area contributed by atoms with Crippen LogP contribution in [0.3, 0.4) is 0 Å². The number of ketones is 1. The van der Waals surface area contributed by atoms with E-state index in [-0.39, 0.29) is 29.4 Å². The topological polar surface area (TPSA) is 73.7 Å². The lowest BCUT2D eigenvalue weighted by molar-refractivity contribution is -0.870. The maximum Gasteiger partial charge on any atom is 0.183 e. The van der Waals surface area contributed by atoms with E-state index in [4.69, 9.17) is 5.11 Å². The van der Waals surface area contributed by atoms with Crippen LogP contribution >= 0.6 is 0 Å². The maximum atomic E-state index is 11.9. The fourth-order valence-electron chi connectivity index (χ4n) is 2.68. The number of aliphatic hydroxyl groups excluding tert-OH is 1. The van der Waals surface area contributed by atoms with Gasteiger partial charge in [0, 0.05) is 31.3 Å². The molecule has 0 saturated heterocycles. The minimum absolute atomic E-state index is 0. The molecule has 1 aliphatic rings.